The molecule has 0 radical (unpaired) electrons. The Balaban J connectivity index is -0.000000107. The Hall–Kier alpha value is 4.57. The Morgan fingerprint density at radius 3 is 0.455 bits per heavy atom. The third-order valence-electron chi connectivity index (χ3n) is 0. The molecule has 11 heteroatoms. The molecule has 0 fully saturated rings. The Kier molecular flexibility index (Phi) is 18.6. The van der Waals surface area contributed by atoms with Crippen molar-refractivity contribution in [3.63, 3.8) is 0 Å². The van der Waals surface area contributed by atoms with E-state index in [0.717, 1.165) is 0 Å². The summed E-state index contributed by atoms with van der Waals surface area (Å²) >= 11 is -6.00. The summed E-state index contributed by atoms with van der Waals surface area (Å²) in [7, 11) is 40.0. The van der Waals surface area contributed by atoms with Gasteiger partial charge in [-0.25, -0.2) is 0 Å². The number of hydrogen-bond acceptors (Lipinski definition) is 0. The van der Waals surface area contributed by atoms with Gasteiger partial charge in [0.2, 0.25) is 0 Å². The predicted octanol–water partition coefficient (Wildman–Crippen LogP) is 5.13. The molecule has 0 saturated carbocycles. The Labute approximate surface area is 119 Å². The van der Waals surface area contributed by atoms with Crippen LogP contribution in [0.3, 0.4) is 0 Å². The maximum absolute atomic E-state index is 5.00. The van der Waals surface area contributed by atoms with E-state index >= 15 is 0 Å². The van der Waals surface area contributed by atoms with Crippen molar-refractivity contribution >= 4 is 96.6 Å². The van der Waals surface area contributed by atoms with Gasteiger partial charge in [0.05, 0.1) is 0 Å². The summed E-state index contributed by atoms with van der Waals surface area (Å²) in [5.74, 6) is 0. The zero-order valence-electron chi connectivity index (χ0n) is 4.33. The van der Waals surface area contributed by atoms with Gasteiger partial charge < -0.3 is 0 Å². The first-order chi connectivity index (χ1) is 4.00. The largest absolute Gasteiger partial charge is 2.00 e. The van der Waals surface area contributed by atoms with Gasteiger partial charge in [-0.2, -0.15) is 0 Å². The van der Waals surface area contributed by atoms with Crippen molar-refractivity contribution in [3.8, 4) is 0 Å². The quantitative estimate of drug-likeness (QED) is 0.308. The standard InChI is InChI=1S/2Au.8ClH.Mg/h;;8*1H;/q2*+3;;;;;;;;;+2/p-8. The third kappa shape index (κ3) is 110. The summed E-state index contributed by atoms with van der Waals surface area (Å²) in [5, 5.41) is 0. The molecular formula is Au2Cl8Mg. The van der Waals surface area contributed by atoms with E-state index in [4.69, 9.17) is 73.5 Å². The van der Waals surface area contributed by atoms with Crippen LogP contribution in [0.1, 0.15) is 0 Å². The van der Waals surface area contributed by atoms with E-state index in [1.165, 1.54) is 0 Å². The zero-order chi connectivity index (χ0) is 9.00. The maximum atomic E-state index is 5.00. The van der Waals surface area contributed by atoms with Crippen LogP contribution >= 0.6 is 73.5 Å². The van der Waals surface area contributed by atoms with Gasteiger partial charge in [-0.15, -0.1) is 0 Å². The van der Waals surface area contributed by atoms with Crippen molar-refractivity contribution in [1.29, 1.82) is 0 Å². The number of halogens is 8. The van der Waals surface area contributed by atoms with Crippen molar-refractivity contribution in [3.05, 3.63) is 0 Å². The maximum Gasteiger partial charge on any atom is 2.00 e. The minimum atomic E-state index is -3.00. The summed E-state index contributed by atoms with van der Waals surface area (Å²) < 4.78 is 0. The van der Waals surface area contributed by atoms with Gasteiger partial charge in [-0.05, 0) is 0 Å². The predicted molar refractivity (Wildman–Crippen MR) is 52.6 cm³/mol. The molecule has 0 aliphatic rings. The first-order valence-corrected chi connectivity index (χ1v) is 22.4. The molecule has 0 aromatic rings. The monoisotopic (exact) mass is 698 g/mol. The van der Waals surface area contributed by atoms with Crippen LogP contribution in [0.15, 0.2) is 0 Å². The molecule has 0 aromatic heterocycles. The summed E-state index contributed by atoms with van der Waals surface area (Å²) in [5.41, 5.74) is 0. The molecule has 0 unspecified atom stereocenters. The molecule has 0 aliphatic heterocycles. The van der Waals surface area contributed by atoms with Gasteiger partial charge >= 0.3 is 122 Å². The molecule has 0 aliphatic carbocycles. The van der Waals surface area contributed by atoms with E-state index in [2.05, 4.69) is 0 Å². The molecule has 0 heterocycles. The second-order valence-electron chi connectivity index (χ2n) is 0.517. The summed E-state index contributed by atoms with van der Waals surface area (Å²) in [6.07, 6.45) is 0. The third-order valence-corrected chi connectivity index (χ3v) is 0. The second-order valence-corrected chi connectivity index (χ2v) is 38.1. The first kappa shape index (κ1) is 20.9. The fourth-order valence-electron chi connectivity index (χ4n) is 0. The topological polar surface area (TPSA) is 0 Å². The SMILES string of the molecule is [Cl][Au-]([Cl])([Cl])[Cl].[Cl][Au-]([Cl])([Cl])[Cl].[Mg+2]. The van der Waals surface area contributed by atoms with E-state index in [1.54, 1.807) is 0 Å². The zero-order valence-corrected chi connectivity index (χ0v) is 16.1. The average molecular weight is 702 g/mol. The molecule has 0 amide bonds. The molecule has 0 bridgehead atoms. The number of hydrogen-bond donors (Lipinski definition) is 0. The Morgan fingerprint density at radius 2 is 0.455 bits per heavy atom. The molecule has 0 spiro atoms. The molecule has 0 atom stereocenters. The molecular weight excluding hydrogens is 702 g/mol. The molecule has 0 nitrogen and oxygen atoms in total. The molecule has 80 valence electrons. The molecule has 0 aromatic carbocycles. The van der Waals surface area contributed by atoms with Gasteiger partial charge in [0.1, 0.15) is 0 Å². The Bertz CT molecular complexity index is 55.1. The smallest absolute Gasteiger partial charge is 2.00 e. The van der Waals surface area contributed by atoms with Crippen LogP contribution in [0.5, 0.6) is 0 Å². The van der Waals surface area contributed by atoms with E-state index in [-0.39, 0.29) is 23.1 Å². The van der Waals surface area contributed by atoms with Crippen LogP contribution in [0.2, 0.25) is 0 Å². The van der Waals surface area contributed by atoms with Crippen molar-refractivity contribution in [2.75, 3.05) is 0 Å². The van der Waals surface area contributed by atoms with Crippen LogP contribution in [-0.2, 0) is 25.6 Å². The van der Waals surface area contributed by atoms with Crippen molar-refractivity contribution in [2.24, 2.45) is 0 Å². The fourth-order valence-corrected chi connectivity index (χ4v) is 0. The van der Waals surface area contributed by atoms with Crippen LogP contribution < -0.4 is 0 Å². The summed E-state index contributed by atoms with van der Waals surface area (Å²) in [6.45, 7) is 0. The minimum Gasteiger partial charge on any atom is 2.00 e. The van der Waals surface area contributed by atoms with Crippen LogP contribution in [0, 0.1) is 0 Å². The van der Waals surface area contributed by atoms with Gasteiger partial charge in [-0.3, -0.25) is 0 Å². The Morgan fingerprint density at radius 1 is 0.455 bits per heavy atom. The van der Waals surface area contributed by atoms with Crippen LogP contribution in [0.25, 0.3) is 0 Å². The van der Waals surface area contributed by atoms with Crippen molar-refractivity contribution in [1.82, 2.24) is 0 Å². The van der Waals surface area contributed by atoms with E-state index in [0.29, 0.717) is 0 Å². The number of rotatable bonds is 0. The molecule has 0 rings (SSSR count). The summed E-state index contributed by atoms with van der Waals surface area (Å²) in [6, 6.07) is 0. The molecule has 0 saturated heterocycles. The van der Waals surface area contributed by atoms with Gasteiger partial charge in [0.15, 0.2) is 0 Å². The van der Waals surface area contributed by atoms with Gasteiger partial charge in [0.25, 0.3) is 0 Å². The van der Waals surface area contributed by atoms with E-state index in [9.17, 15) is 0 Å². The van der Waals surface area contributed by atoms with Crippen molar-refractivity contribution < 1.29 is 25.6 Å². The van der Waals surface area contributed by atoms with Crippen LogP contribution in [0.4, 0.5) is 0 Å². The molecule has 11 heavy (non-hydrogen) atoms. The van der Waals surface area contributed by atoms with E-state index < -0.39 is 25.6 Å². The van der Waals surface area contributed by atoms with Gasteiger partial charge in [-0.1, -0.05) is 0 Å². The first-order valence-electron chi connectivity index (χ1n) is 0.912. The normalized spacial score (nSPS) is 13.8. The minimum absolute atomic E-state index is 0. The molecule has 0 N–H and O–H groups in total. The summed E-state index contributed by atoms with van der Waals surface area (Å²) in [4.78, 5) is 0. The fraction of sp³-hybridized carbons (Fsp3) is 0. The average Bonchev–Trinajstić information content (AvgIpc) is 1.12. The van der Waals surface area contributed by atoms with Crippen LogP contribution in [-0.4, -0.2) is 23.1 Å². The van der Waals surface area contributed by atoms with E-state index in [1.807, 2.05) is 0 Å². The van der Waals surface area contributed by atoms with Crippen molar-refractivity contribution in [2.45, 2.75) is 0 Å². The van der Waals surface area contributed by atoms with Gasteiger partial charge in [0, 0.05) is 0 Å². The second kappa shape index (κ2) is 9.77.